The minimum atomic E-state index is -3.50. The molecule has 4 rings (SSSR count). The molecule has 148 valence electrons. The van der Waals surface area contributed by atoms with E-state index in [1.165, 1.54) is 12.1 Å². The monoisotopic (exact) mass is 430 g/mol. The van der Waals surface area contributed by atoms with Crippen molar-refractivity contribution in [3.8, 4) is 17.2 Å². The largest absolute Gasteiger partial charge is 0.454 e. The summed E-state index contributed by atoms with van der Waals surface area (Å²) in [5.74, 6) is 0.324. The topological polar surface area (TPSA) is 61.2 Å². The molecule has 3 aromatic carbocycles. The first kappa shape index (κ1) is 19.4. The number of aromatic nitrogens is 2. The Labute approximate surface area is 172 Å². The maximum Gasteiger partial charge on any atom is 0.175 e. The number of hydrogen-bond acceptors (Lipinski definition) is 4. The van der Waals surface area contributed by atoms with Gasteiger partial charge in [0.15, 0.2) is 21.4 Å². The van der Waals surface area contributed by atoms with Crippen LogP contribution >= 0.6 is 11.6 Å². The molecule has 4 aromatic rings. The highest BCUT2D eigenvalue weighted by Crippen LogP contribution is 2.31. The van der Waals surface area contributed by atoms with Crippen LogP contribution in [0.4, 0.5) is 4.39 Å². The predicted molar refractivity (Wildman–Crippen MR) is 110 cm³/mol. The van der Waals surface area contributed by atoms with Gasteiger partial charge in [0.25, 0.3) is 0 Å². The fourth-order valence-corrected chi connectivity index (χ4v) is 3.96. The third kappa shape index (κ3) is 3.71. The minimum Gasteiger partial charge on any atom is -0.454 e. The van der Waals surface area contributed by atoms with Gasteiger partial charge in [-0.25, -0.2) is 17.8 Å². The van der Waals surface area contributed by atoms with Crippen LogP contribution in [-0.2, 0) is 9.84 Å². The zero-order valence-corrected chi connectivity index (χ0v) is 17.1. The van der Waals surface area contributed by atoms with Crippen molar-refractivity contribution >= 4 is 32.5 Å². The highest BCUT2D eigenvalue weighted by molar-refractivity contribution is 7.90. The maximum absolute atomic E-state index is 14.3. The zero-order chi connectivity index (χ0) is 20.8. The van der Waals surface area contributed by atoms with E-state index in [1.54, 1.807) is 24.3 Å². The molecule has 0 bridgehead atoms. The van der Waals surface area contributed by atoms with E-state index in [0.29, 0.717) is 16.3 Å². The summed E-state index contributed by atoms with van der Waals surface area (Å²) >= 11 is 6.25. The van der Waals surface area contributed by atoms with Gasteiger partial charge in [-0.3, -0.25) is 4.57 Å². The van der Waals surface area contributed by atoms with Crippen molar-refractivity contribution in [1.82, 2.24) is 9.55 Å². The molecule has 0 N–H and O–H groups in total. The molecule has 0 unspecified atom stereocenters. The van der Waals surface area contributed by atoms with Gasteiger partial charge in [0.2, 0.25) is 0 Å². The number of ether oxygens (including phenoxy) is 1. The lowest BCUT2D eigenvalue weighted by Crippen LogP contribution is -1.99. The van der Waals surface area contributed by atoms with Crippen LogP contribution in [-0.4, -0.2) is 24.2 Å². The second kappa shape index (κ2) is 7.17. The Morgan fingerprint density at radius 2 is 1.83 bits per heavy atom. The summed E-state index contributed by atoms with van der Waals surface area (Å²) in [6.45, 7) is 1.87. The Balaban J connectivity index is 1.73. The number of halogens is 2. The van der Waals surface area contributed by atoms with Crippen molar-refractivity contribution in [2.45, 2.75) is 11.8 Å². The first-order chi connectivity index (χ1) is 13.7. The van der Waals surface area contributed by atoms with Gasteiger partial charge in [-0.2, -0.15) is 0 Å². The van der Waals surface area contributed by atoms with Crippen LogP contribution in [0.25, 0.3) is 16.7 Å². The molecule has 0 radical (unpaired) electrons. The van der Waals surface area contributed by atoms with Crippen LogP contribution in [0.1, 0.15) is 5.82 Å². The lowest BCUT2D eigenvalue weighted by Gasteiger charge is -2.11. The van der Waals surface area contributed by atoms with Crippen LogP contribution in [0, 0.1) is 12.7 Å². The first-order valence-corrected chi connectivity index (χ1v) is 10.9. The van der Waals surface area contributed by atoms with Gasteiger partial charge in [-0.15, -0.1) is 0 Å². The van der Waals surface area contributed by atoms with Gasteiger partial charge in [-0.05, 0) is 49.4 Å². The Kier molecular flexibility index (Phi) is 4.80. The molecule has 0 fully saturated rings. The minimum absolute atomic E-state index is 0.0650. The Bertz CT molecular complexity index is 1350. The molecule has 8 heteroatoms. The molecule has 0 aliphatic heterocycles. The van der Waals surface area contributed by atoms with E-state index < -0.39 is 15.7 Å². The number of imidazole rings is 1. The predicted octanol–water partition coefficient (Wildman–Crippen LogP) is 5.32. The van der Waals surface area contributed by atoms with Gasteiger partial charge in [0.1, 0.15) is 17.1 Å². The fraction of sp³-hybridized carbons (Fsp3) is 0.0952. The van der Waals surface area contributed by atoms with Crippen molar-refractivity contribution < 1.29 is 17.5 Å². The van der Waals surface area contributed by atoms with Crippen molar-refractivity contribution in [2.24, 2.45) is 0 Å². The van der Waals surface area contributed by atoms with E-state index in [2.05, 4.69) is 4.98 Å². The molecule has 0 aliphatic carbocycles. The van der Waals surface area contributed by atoms with Crippen LogP contribution in [0.2, 0.25) is 5.02 Å². The van der Waals surface area contributed by atoms with Gasteiger partial charge >= 0.3 is 0 Å². The fourth-order valence-electron chi connectivity index (χ4n) is 3.12. The van der Waals surface area contributed by atoms with E-state index >= 15 is 0 Å². The van der Waals surface area contributed by atoms with Crippen molar-refractivity contribution in [1.29, 1.82) is 0 Å². The number of sulfone groups is 1. The van der Waals surface area contributed by atoms with E-state index in [1.807, 2.05) is 29.7 Å². The normalized spacial score (nSPS) is 11.7. The average Bonchev–Trinajstić information content (AvgIpc) is 3.00. The van der Waals surface area contributed by atoms with Crippen LogP contribution in [0.15, 0.2) is 65.6 Å². The molecule has 0 atom stereocenters. The summed E-state index contributed by atoms with van der Waals surface area (Å²) in [7, 11) is -3.50. The molecule has 0 spiro atoms. The summed E-state index contributed by atoms with van der Waals surface area (Å²) in [6.07, 6.45) is 1.02. The van der Waals surface area contributed by atoms with Crippen LogP contribution < -0.4 is 4.74 Å². The molecular weight excluding hydrogens is 415 g/mol. The molecule has 0 saturated carbocycles. The third-order valence-corrected chi connectivity index (χ3v) is 5.85. The Morgan fingerprint density at radius 3 is 2.55 bits per heavy atom. The first-order valence-electron chi connectivity index (χ1n) is 8.65. The molecule has 0 saturated heterocycles. The summed E-state index contributed by atoms with van der Waals surface area (Å²) in [4.78, 5) is 4.42. The van der Waals surface area contributed by atoms with Gasteiger partial charge in [0, 0.05) is 12.3 Å². The maximum atomic E-state index is 14.3. The highest BCUT2D eigenvalue weighted by Gasteiger charge is 2.14. The highest BCUT2D eigenvalue weighted by atomic mass is 35.5. The van der Waals surface area contributed by atoms with Gasteiger partial charge < -0.3 is 4.74 Å². The van der Waals surface area contributed by atoms with Crippen LogP contribution in [0.3, 0.4) is 0 Å². The lowest BCUT2D eigenvalue weighted by molar-refractivity contribution is 0.440. The smallest absolute Gasteiger partial charge is 0.175 e. The molecule has 0 amide bonds. The summed E-state index contributed by atoms with van der Waals surface area (Å²) in [5.41, 5.74) is 2.31. The van der Waals surface area contributed by atoms with E-state index in [0.717, 1.165) is 29.4 Å². The number of aryl methyl sites for hydroxylation is 1. The van der Waals surface area contributed by atoms with Crippen molar-refractivity contribution in [3.05, 3.63) is 77.3 Å². The number of benzene rings is 3. The number of hydrogen-bond donors (Lipinski definition) is 0. The molecule has 0 aliphatic rings. The number of rotatable bonds is 4. The second-order valence-corrected chi connectivity index (χ2v) is 8.99. The molecule has 1 aromatic heterocycles. The summed E-state index contributed by atoms with van der Waals surface area (Å²) in [5, 5.41) is 0.560. The number of para-hydroxylation sites is 1. The Hall–Kier alpha value is -2.90. The quantitative estimate of drug-likeness (QED) is 0.439. The molecule has 5 nitrogen and oxygen atoms in total. The summed E-state index contributed by atoms with van der Waals surface area (Å²) < 4.78 is 45.1. The number of fused-ring (bicyclic) bond motifs is 1. The van der Waals surface area contributed by atoms with Crippen molar-refractivity contribution in [3.63, 3.8) is 0 Å². The SMILES string of the molecule is Cc1nc2c(Cl)cccc2n1-c1cccc(Oc2ccc(S(C)(=O)=O)cc2F)c1. The second-order valence-electron chi connectivity index (χ2n) is 6.57. The van der Waals surface area contributed by atoms with Crippen molar-refractivity contribution in [2.75, 3.05) is 6.26 Å². The molecule has 1 heterocycles. The van der Waals surface area contributed by atoms with Gasteiger partial charge in [0.05, 0.1) is 21.1 Å². The Morgan fingerprint density at radius 1 is 1.07 bits per heavy atom. The standard InChI is InChI=1S/C21H16ClFN2O3S/c1-13-24-21-17(22)7-4-8-19(21)25(13)14-5-3-6-15(11-14)28-20-10-9-16(12-18(20)23)29(2,26)27/h3-12H,1-2H3. The average molecular weight is 431 g/mol. The van der Waals surface area contributed by atoms with Gasteiger partial charge in [-0.1, -0.05) is 23.7 Å². The summed E-state index contributed by atoms with van der Waals surface area (Å²) in [6, 6.07) is 16.2. The third-order valence-electron chi connectivity index (χ3n) is 4.44. The zero-order valence-electron chi connectivity index (χ0n) is 15.6. The molecular formula is C21H16ClFN2O3S. The number of nitrogens with zero attached hydrogens (tertiary/aromatic N) is 2. The van der Waals surface area contributed by atoms with Crippen LogP contribution in [0.5, 0.6) is 11.5 Å². The molecule has 29 heavy (non-hydrogen) atoms. The lowest BCUT2D eigenvalue weighted by atomic mass is 10.2. The van der Waals surface area contributed by atoms with E-state index in [4.69, 9.17) is 16.3 Å². The van der Waals surface area contributed by atoms with E-state index in [-0.39, 0.29) is 10.6 Å². The van der Waals surface area contributed by atoms with E-state index in [9.17, 15) is 12.8 Å².